The van der Waals surface area contributed by atoms with E-state index in [1.165, 1.54) is 6.20 Å². The van der Waals surface area contributed by atoms with Crippen LogP contribution in [0, 0.1) is 22.7 Å². The van der Waals surface area contributed by atoms with Gasteiger partial charge in [0.1, 0.15) is 6.07 Å². The van der Waals surface area contributed by atoms with Gasteiger partial charge in [0.2, 0.25) is 0 Å². The summed E-state index contributed by atoms with van der Waals surface area (Å²) < 4.78 is 0. The Bertz CT molecular complexity index is 854. The summed E-state index contributed by atoms with van der Waals surface area (Å²) in [6, 6.07) is 6.63. The molecular weight excluding hydrogens is 312 g/mol. The van der Waals surface area contributed by atoms with E-state index >= 15 is 0 Å². The second-order valence-corrected chi connectivity index (χ2v) is 7.06. The van der Waals surface area contributed by atoms with Crippen molar-refractivity contribution in [1.29, 1.82) is 10.5 Å². The first-order chi connectivity index (χ1) is 12.1. The van der Waals surface area contributed by atoms with E-state index in [0.29, 0.717) is 24.8 Å². The molecule has 3 atom stereocenters. The SMILES string of the molecule is N#Cc1cncc(C2(C#N)C[C@H]3C=C[C@@H](C2)N3C2=CC(=O)CCC2)c1. The number of allylic oxidation sites excluding steroid dienone is 2. The fraction of sp³-hybridized carbons (Fsp3) is 0.400. The van der Waals surface area contributed by atoms with Gasteiger partial charge < -0.3 is 4.90 Å². The van der Waals surface area contributed by atoms with Crippen LogP contribution in [0.5, 0.6) is 0 Å². The van der Waals surface area contributed by atoms with Crippen molar-refractivity contribution in [2.75, 3.05) is 0 Å². The lowest BCUT2D eigenvalue weighted by Crippen LogP contribution is -2.49. The van der Waals surface area contributed by atoms with E-state index in [9.17, 15) is 10.1 Å². The summed E-state index contributed by atoms with van der Waals surface area (Å²) in [5.41, 5.74) is 1.76. The first-order valence-corrected chi connectivity index (χ1v) is 8.62. The predicted octanol–water partition coefficient (Wildman–Crippen LogP) is 2.75. The maximum Gasteiger partial charge on any atom is 0.157 e. The fourth-order valence-electron chi connectivity index (χ4n) is 4.38. The molecule has 1 aromatic heterocycles. The van der Waals surface area contributed by atoms with Gasteiger partial charge in [-0.25, -0.2) is 0 Å². The molecule has 3 heterocycles. The molecule has 5 heteroatoms. The Kier molecular flexibility index (Phi) is 3.66. The minimum atomic E-state index is -0.644. The topological polar surface area (TPSA) is 80.8 Å². The number of hydrogen-bond donors (Lipinski definition) is 0. The van der Waals surface area contributed by atoms with Gasteiger partial charge in [-0.05, 0) is 37.3 Å². The molecule has 1 fully saturated rings. The number of pyridine rings is 1. The second-order valence-electron chi connectivity index (χ2n) is 7.06. The normalized spacial score (nSPS) is 30.6. The number of fused-ring (bicyclic) bond motifs is 2. The van der Waals surface area contributed by atoms with Gasteiger partial charge >= 0.3 is 0 Å². The zero-order valence-electron chi connectivity index (χ0n) is 13.9. The van der Waals surface area contributed by atoms with Crippen LogP contribution in [-0.4, -0.2) is 27.8 Å². The average Bonchev–Trinajstić information content (AvgIpc) is 2.92. The number of nitrogens with zero attached hydrogens (tertiary/aromatic N) is 4. The first kappa shape index (κ1) is 15.6. The second kappa shape index (κ2) is 5.86. The summed E-state index contributed by atoms with van der Waals surface area (Å²) in [5, 5.41) is 19.1. The molecule has 2 aliphatic heterocycles. The molecular formula is C20H18N4O. The van der Waals surface area contributed by atoms with Crippen molar-refractivity contribution in [2.45, 2.75) is 49.6 Å². The van der Waals surface area contributed by atoms with E-state index in [1.807, 2.05) is 0 Å². The van der Waals surface area contributed by atoms with Crippen LogP contribution in [0.1, 0.15) is 43.2 Å². The maximum atomic E-state index is 11.8. The highest BCUT2D eigenvalue weighted by Gasteiger charge is 2.48. The standard InChI is InChI=1S/C20H18N4O/c21-10-14-6-15(12-23-11-14)20(13-22)8-17-4-5-18(9-20)24(17)16-2-1-3-19(25)7-16/h4-7,11-12,17-18H,1-3,8-9H2/t17-,18+,20?. The number of carbonyl (C=O) groups excluding carboxylic acids is 1. The summed E-state index contributed by atoms with van der Waals surface area (Å²) in [5.74, 6) is 0.198. The van der Waals surface area contributed by atoms with Gasteiger partial charge in [-0.3, -0.25) is 9.78 Å². The predicted molar refractivity (Wildman–Crippen MR) is 91.0 cm³/mol. The van der Waals surface area contributed by atoms with Gasteiger partial charge in [-0.15, -0.1) is 0 Å². The largest absolute Gasteiger partial charge is 0.362 e. The van der Waals surface area contributed by atoms with Crippen molar-refractivity contribution >= 4 is 5.78 Å². The molecule has 4 rings (SSSR count). The number of carbonyl (C=O) groups is 1. The van der Waals surface area contributed by atoms with Crippen molar-refractivity contribution in [2.24, 2.45) is 0 Å². The van der Waals surface area contributed by atoms with Crippen molar-refractivity contribution in [3.05, 3.63) is 53.5 Å². The zero-order valence-corrected chi connectivity index (χ0v) is 13.9. The zero-order chi connectivity index (χ0) is 17.4. The number of aromatic nitrogens is 1. The monoisotopic (exact) mass is 330 g/mol. The van der Waals surface area contributed by atoms with Crippen molar-refractivity contribution in [3.8, 4) is 12.1 Å². The molecule has 1 aromatic rings. The van der Waals surface area contributed by atoms with Gasteiger partial charge in [0.05, 0.1) is 17.0 Å². The smallest absolute Gasteiger partial charge is 0.157 e. The van der Waals surface area contributed by atoms with Crippen LogP contribution in [0.4, 0.5) is 0 Å². The Morgan fingerprint density at radius 1 is 1.16 bits per heavy atom. The molecule has 25 heavy (non-hydrogen) atoms. The van der Waals surface area contributed by atoms with E-state index < -0.39 is 5.41 Å². The molecule has 124 valence electrons. The molecule has 1 aliphatic carbocycles. The highest BCUT2D eigenvalue weighted by molar-refractivity contribution is 5.91. The van der Waals surface area contributed by atoms with Crippen LogP contribution in [0.25, 0.3) is 0 Å². The van der Waals surface area contributed by atoms with Crippen LogP contribution >= 0.6 is 0 Å². The Morgan fingerprint density at radius 3 is 2.56 bits per heavy atom. The van der Waals surface area contributed by atoms with Crippen LogP contribution in [0.3, 0.4) is 0 Å². The van der Waals surface area contributed by atoms with Crippen molar-refractivity contribution < 1.29 is 4.79 Å². The van der Waals surface area contributed by atoms with Crippen LogP contribution < -0.4 is 0 Å². The molecule has 1 saturated heterocycles. The molecule has 3 aliphatic rings. The highest BCUT2D eigenvalue weighted by atomic mass is 16.1. The van der Waals surface area contributed by atoms with E-state index in [4.69, 9.17) is 5.26 Å². The summed E-state index contributed by atoms with van der Waals surface area (Å²) in [6.07, 6.45) is 13.1. The lowest BCUT2D eigenvalue weighted by molar-refractivity contribution is -0.115. The third-order valence-electron chi connectivity index (χ3n) is 5.53. The van der Waals surface area contributed by atoms with Crippen LogP contribution in [-0.2, 0) is 10.2 Å². The Morgan fingerprint density at radius 2 is 1.92 bits per heavy atom. The quantitative estimate of drug-likeness (QED) is 0.779. The highest BCUT2D eigenvalue weighted by Crippen LogP contribution is 2.46. The third kappa shape index (κ3) is 2.53. The molecule has 1 unspecified atom stereocenters. The average molecular weight is 330 g/mol. The fourth-order valence-corrected chi connectivity index (χ4v) is 4.38. The molecule has 0 N–H and O–H groups in total. The van der Waals surface area contributed by atoms with Gasteiger partial charge in [0.15, 0.2) is 5.78 Å². The first-order valence-electron chi connectivity index (χ1n) is 8.62. The number of piperidine rings is 1. The van der Waals surface area contributed by atoms with Gasteiger partial charge in [0.25, 0.3) is 0 Å². The molecule has 0 amide bonds. The van der Waals surface area contributed by atoms with Crippen LogP contribution in [0.2, 0.25) is 0 Å². The van der Waals surface area contributed by atoms with E-state index in [1.54, 1.807) is 18.3 Å². The van der Waals surface area contributed by atoms with E-state index in [-0.39, 0.29) is 17.9 Å². The van der Waals surface area contributed by atoms with Crippen LogP contribution in [0.15, 0.2) is 42.4 Å². The number of nitriles is 2. The molecule has 0 saturated carbocycles. The number of rotatable bonds is 2. The van der Waals surface area contributed by atoms with Gasteiger partial charge in [-0.1, -0.05) is 12.2 Å². The summed E-state index contributed by atoms with van der Waals surface area (Å²) in [6.45, 7) is 0. The molecule has 0 aromatic carbocycles. The molecule has 0 radical (unpaired) electrons. The van der Waals surface area contributed by atoms with E-state index in [2.05, 4.69) is 34.2 Å². The Hall–Kier alpha value is -2.92. The van der Waals surface area contributed by atoms with Crippen molar-refractivity contribution in [1.82, 2.24) is 9.88 Å². The van der Waals surface area contributed by atoms with Gasteiger partial charge in [-0.2, -0.15) is 10.5 Å². The summed E-state index contributed by atoms with van der Waals surface area (Å²) >= 11 is 0. The Balaban J connectivity index is 1.67. The Labute approximate surface area is 146 Å². The van der Waals surface area contributed by atoms with Gasteiger partial charge in [0, 0.05) is 42.7 Å². The summed E-state index contributed by atoms with van der Waals surface area (Å²) in [4.78, 5) is 18.3. The van der Waals surface area contributed by atoms with E-state index in [0.717, 1.165) is 24.1 Å². The summed E-state index contributed by atoms with van der Waals surface area (Å²) in [7, 11) is 0. The van der Waals surface area contributed by atoms with Crippen molar-refractivity contribution in [3.63, 3.8) is 0 Å². The molecule has 5 nitrogen and oxygen atoms in total. The number of hydrogen-bond acceptors (Lipinski definition) is 5. The lowest BCUT2D eigenvalue weighted by Gasteiger charge is -2.46. The number of ketones is 1. The molecule has 2 bridgehead atoms. The lowest BCUT2D eigenvalue weighted by atomic mass is 9.70. The third-order valence-corrected chi connectivity index (χ3v) is 5.53. The minimum Gasteiger partial charge on any atom is -0.362 e. The maximum absolute atomic E-state index is 11.8. The molecule has 0 spiro atoms. The minimum absolute atomic E-state index is 0.112.